The maximum Gasteiger partial charge on any atom is 0.131 e. The number of hydrogen-bond acceptors (Lipinski definition) is 2. The summed E-state index contributed by atoms with van der Waals surface area (Å²) < 4.78 is 19.4. The van der Waals surface area contributed by atoms with Gasteiger partial charge in [-0.2, -0.15) is 0 Å². The van der Waals surface area contributed by atoms with E-state index in [1.54, 1.807) is 19.2 Å². The van der Waals surface area contributed by atoms with E-state index >= 15 is 0 Å². The minimum atomic E-state index is -0.213. The van der Waals surface area contributed by atoms with Crippen molar-refractivity contribution in [1.82, 2.24) is 5.32 Å². The van der Waals surface area contributed by atoms with Crippen molar-refractivity contribution in [2.45, 2.75) is 39.2 Å². The highest BCUT2D eigenvalue weighted by Gasteiger charge is 2.19. The van der Waals surface area contributed by atoms with Crippen LogP contribution in [0.5, 0.6) is 5.75 Å². The second kappa shape index (κ2) is 7.95. The summed E-state index contributed by atoms with van der Waals surface area (Å²) in [6, 6.07) is 4.93. The van der Waals surface area contributed by atoms with Gasteiger partial charge in [0, 0.05) is 11.6 Å². The topological polar surface area (TPSA) is 21.3 Å². The zero-order valence-corrected chi connectivity index (χ0v) is 12.1. The Morgan fingerprint density at radius 3 is 2.79 bits per heavy atom. The number of halogens is 1. The van der Waals surface area contributed by atoms with E-state index in [4.69, 9.17) is 4.74 Å². The van der Waals surface area contributed by atoms with Crippen LogP contribution in [-0.4, -0.2) is 13.7 Å². The summed E-state index contributed by atoms with van der Waals surface area (Å²) in [5, 5.41) is 3.40. The number of ether oxygens (including phenoxy) is 1. The lowest BCUT2D eigenvalue weighted by Gasteiger charge is -2.22. The zero-order valence-electron chi connectivity index (χ0n) is 12.1. The van der Waals surface area contributed by atoms with E-state index in [0.717, 1.165) is 31.4 Å². The monoisotopic (exact) mass is 265 g/mol. The fourth-order valence-corrected chi connectivity index (χ4v) is 2.09. The summed E-state index contributed by atoms with van der Waals surface area (Å²) >= 11 is 0. The fourth-order valence-electron chi connectivity index (χ4n) is 2.09. The lowest BCUT2D eigenvalue weighted by Crippen LogP contribution is -2.23. The van der Waals surface area contributed by atoms with E-state index in [-0.39, 0.29) is 11.9 Å². The first-order valence-electron chi connectivity index (χ1n) is 6.80. The Labute approximate surface area is 115 Å². The van der Waals surface area contributed by atoms with Gasteiger partial charge in [0.25, 0.3) is 0 Å². The van der Waals surface area contributed by atoms with Gasteiger partial charge in [-0.25, -0.2) is 4.39 Å². The molecule has 1 atom stereocenters. The molecular formula is C16H24FNO. The molecule has 0 bridgehead atoms. The number of nitrogens with one attached hydrogen (secondary N) is 1. The van der Waals surface area contributed by atoms with Crippen LogP contribution < -0.4 is 10.1 Å². The standard InChI is InChI=1S/C16H24FNO/c1-5-11-18-14(10-9-12(2)3)16-13(17)7-6-8-15(16)19-4/h6-8,14,18H,2,5,9-11H2,1,3-4H3. The average molecular weight is 265 g/mol. The highest BCUT2D eigenvalue weighted by atomic mass is 19.1. The molecule has 1 aromatic rings. The molecule has 0 heterocycles. The van der Waals surface area contributed by atoms with Crippen LogP contribution in [0.2, 0.25) is 0 Å². The summed E-state index contributed by atoms with van der Waals surface area (Å²) in [5.41, 5.74) is 1.73. The molecule has 0 aliphatic carbocycles. The molecule has 0 fully saturated rings. The summed E-state index contributed by atoms with van der Waals surface area (Å²) in [6.07, 6.45) is 2.71. The molecule has 2 nitrogen and oxygen atoms in total. The molecular weight excluding hydrogens is 241 g/mol. The van der Waals surface area contributed by atoms with Crippen LogP contribution >= 0.6 is 0 Å². The van der Waals surface area contributed by atoms with Crippen molar-refractivity contribution < 1.29 is 9.13 Å². The third kappa shape index (κ3) is 4.67. The van der Waals surface area contributed by atoms with Gasteiger partial charge < -0.3 is 10.1 Å². The maximum atomic E-state index is 14.1. The van der Waals surface area contributed by atoms with Crippen molar-refractivity contribution in [1.29, 1.82) is 0 Å². The van der Waals surface area contributed by atoms with Gasteiger partial charge in [-0.3, -0.25) is 0 Å². The lowest BCUT2D eigenvalue weighted by atomic mass is 9.98. The SMILES string of the molecule is C=C(C)CCC(NCCC)c1c(F)cccc1OC. The van der Waals surface area contributed by atoms with Gasteiger partial charge in [0.1, 0.15) is 11.6 Å². The van der Waals surface area contributed by atoms with Crippen LogP contribution in [-0.2, 0) is 0 Å². The maximum absolute atomic E-state index is 14.1. The van der Waals surface area contributed by atoms with Crippen molar-refractivity contribution >= 4 is 0 Å². The quantitative estimate of drug-likeness (QED) is 0.710. The molecule has 0 spiro atoms. The van der Waals surface area contributed by atoms with Crippen molar-refractivity contribution in [3.8, 4) is 5.75 Å². The second-order valence-corrected chi connectivity index (χ2v) is 4.86. The molecule has 1 N–H and O–H groups in total. The van der Waals surface area contributed by atoms with Crippen LogP contribution in [0.15, 0.2) is 30.4 Å². The molecule has 106 valence electrons. The summed E-state index contributed by atoms with van der Waals surface area (Å²) in [7, 11) is 1.58. The highest BCUT2D eigenvalue weighted by Crippen LogP contribution is 2.31. The molecule has 19 heavy (non-hydrogen) atoms. The number of allylic oxidation sites excluding steroid dienone is 1. The Balaban J connectivity index is 2.97. The molecule has 1 unspecified atom stereocenters. The van der Waals surface area contributed by atoms with E-state index < -0.39 is 0 Å². The van der Waals surface area contributed by atoms with Crippen LogP contribution in [0.3, 0.4) is 0 Å². The van der Waals surface area contributed by atoms with Crippen LogP contribution in [0.1, 0.15) is 44.7 Å². The van der Waals surface area contributed by atoms with Crippen molar-refractivity contribution in [3.05, 3.63) is 41.7 Å². The first-order valence-corrected chi connectivity index (χ1v) is 6.80. The molecule has 0 radical (unpaired) electrons. The van der Waals surface area contributed by atoms with Gasteiger partial charge in [0.15, 0.2) is 0 Å². The molecule has 0 amide bonds. The normalized spacial score (nSPS) is 12.2. The summed E-state index contributed by atoms with van der Waals surface area (Å²) in [5.74, 6) is 0.394. The van der Waals surface area contributed by atoms with Gasteiger partial charge in [-0.15, -0.1) is 6.58 Å². The van der Waals surface area contributed by atoms with E-state index in [0.29, 0.717) is 11.3 Å². The fraction of sp³-hybridized carbons (Fsp3) is 0.500. The van der Waals surface area contributed by atoms with Gasteiger partial charge in [-0.1, -0.05) is 18.6 Å². The highest BCUT2D eigenvalue weighted by molar-refractivity contribution is 5.37. The number of benzene rings is 1. The van der Waals surface area contributed by atoms with Gasteiger partial charge in [0.05, 0.1) is 7.11 Å². The molecule has 0 aliphatic heterocycles. The van der Waals surface area contributed by atoms with E-state index in [2.05, 4.69) is 18.8 Å². The molecule has 0 saturated carbocycles. The van der Waals surface area contributed by atoms with E-state index in [9.17, 15) is 4.39 Å². The minimum Gasteiger partial charge on any atom is -0.496 e. The van der Waals surface area contributed by atoms with Crippen LogP contribution in [0, 0.1) is 5.82 Å². The Kier molecular flexibility index (Phi) is 6.57. The molecule has 0 saturated heterocycles. The Bertz CT molecular complexity index is 417. The van der Waals surface area contributed by atoms with Gasteiger partial charge in [0.2, 0.25) is 0 Å². The van der Waals surface area contributed by atoms with E-state index in [1.165, 1.54) is 6.07 Å². The molecule has 0 aliphatic rings. The Morgan fingerprint density at radius 2 is 2.21 bits per heavy atom. The molecule has 1 aromatic carbocycles. The predicted octanol–water partition coefficient (Wildman–Crippen LogP) is 4.23. The molecule has 3 heteroatoms. The van der Waals surface area contributed by atoms with E-state index in [1.807, 2.05) is 6.92 Å². The summed E-state index contributed by atoms with van der Waals surface area (Å²) in [6.45, 7) is 8.87. The van der Waals surface area contributed by atoms with Crippen molar-refractivity contribution in [2.24, 2.45) is 0 Å². The Morgan fingerprint density at radius 1 is 1.47 bits per heavy atom. The largest absolute Gasteiger partial charge is 0.496 e. The van der Waals surface area contributed by atoms with Crippen LogP contribution in [0.25, 0.3) is 0 Å². The number of methoxy groups -OCH3 is 1. The number of rotatable bonds is 8. The lowest BCUT2D eigenvalue weighted by molar-refractivity contribution is 0.385. The second-order valence-electron chi connectivity index (χ2n) is 4.86. The first kappa shape index (κ1) is 15.7. The number of hydrogen-bond donors (Lipinski definition) is 1. The zero-order chi connectivity index (χ0) is 14.3. The van der Waals surface area contributed by atoms with Crippen molar-refractivity contribution in [3.63, 3.8) is 0 Å². The minimum absolute atomic E-state index is 0.0344. The van der Waals surface area contributed by atoms with Gasteiger partial charge >= 0.3 is 0 Å². The first-order chi connectivity index (χ1) is 9.10. The van der Waals surface area contributed by atoms with Gasteiger partial charge in [-0.05, 0) is 44.9 Å². The van der Waals surface area contributed by atoms with Crippen molar-refractivity contribution in [2.75, 3.05) is 13.7 Å². The summed E-state index contributed by atoms with van der Waals surface area (Å²) in [4.78, 5) is 0. The molecule has 0 aromatic heterocycles. The average Bonchev–Trinajstić information content (AvgIpc) is 2.39. The third-order valence-corrected chi connectivity index (χ3v) is 3.08. The smallest absolute Gasteiger partial charge is 0.131 e. The Hall–Kier alpha value is -1.35. The third-order valence-electron chi connectivity index (χ3n) is 3.08. The van der Waals surface area contributed by atoms with Crippen LogP contribution in [0.4, 0.5) is 4.39 Å². The molecule has 1 rings (SSSR count). The predicted molar refractivity (Wildman–Crippen MR) is 78.0 cm³/mol.